The van der Waals surface area contributed by atoms with Crippen LogP contribution in [0.2, 0.25) is 0 Å². The molecule has 0 spiro atoms. The number of carbonyl (C=O) groups excluding carboxylic acids is 2. The first-order chi connectivity index (χ1) is 15.1. The van der Waals surface area contributed by atoms with Gasteiger partial charge in [0.25, 0.3) is 11.8 Å². The Morgan fingerprint density at radius 1 is 1.16 bits per heavy atom. The zero-order valence-electron chi connectivity index (χ0n) is 18.1. The zero-order chi connectivity index (χ0) is 22.2. The Labute approximate surface area is 182 Å². The quantitative estimate of drug-likeness (QED) is 0.657. The summed E-state index contributed by atoms with van der Waals surface area (Å²) in [6.07, 6.45) is 3.35. The van der Waals surface area contributed by atoms with Crippen LogP contribution in [-0.2, 0) is 9.59 Å². The van der Waals surface area contributed by atoms with Crippen molar-refractivity contribution in [1.29, 1.82) is 0 Å². The summed E-state index contributed by atoms with van der Waals surface area (Å²) in [7, 11) is 1.54. The molecule has 7 nitrogen and oxygen atoms in total. The van der Waals surface area contributed by atoms with E-state index in [0.29, 0.717) is 36.1 Å². The number of fused-ring (bicyclic) bond motifs is 1. The number of para-hydroxylation sites is 2. The number of carbonyl (C=O) groups is 2. The van der Waals surface area contributed by atoms with Crippen LogP contribution in [0.3, 0.4) is 0 Å². The highest BCUT2D eigenvalue weighted by Gasteiger charge is 2.32. The monoisotopic (exact) mass is 424 g/mol. The molecule has 164 valence electrons. The minimum absolute atomic E-state index is 0.133. The minimum atomic E-state index is -0.767. The Kier molecular flexibility index (Phi) is 7.54. The number of amides is 2. The molecule has 2 amide bonds. The summed E-state index contributed by atoms with van der Waals surface area (Å²) in [6.45, 7) is 5.21. The maximum absolute atomic E-state index is 13.0. The van der Waals surface area contributed by atoms with Crippen LogP contribution in [0.4, 0.5) is 5.69 Å². The van der Waals surface area contributed by atoms with Crippen molar-refractivity contribution in [3.63, 3.8) is 0 Å². The molecule has 0 radical (unpaired) electrons. The Morgan fingerprint density at radius 2 is 1.97 bits per heavy atom. The van der Waals surface area contributed by atoms with E-state index in [2.05, 4.69) is 5.32 Å². The molecule has 0 aromatic heterocycles. The lowest BCUT2D eigenvalue weighted by atomic mass is 10.1. The van der Waals surface area contributed by atoms with E-state index in [9.17, 15) is 9.59 Å². The zero-order valence-corrected chi connectivity index (χ0v) is 18.1. The molecule has 1 N–H and O–H groups in total. The molecule has 0 saturated carbocycles. The molecule has 1 aliphatic rings. The van der Waals surface area contributed by atoms with Gasteiger partial charge >= 0.3 is 0 Å². The third-order valence-electron chi connectivity index (χ3n) is 4.73. The lowest BCUT2D eigenvalue weighted by molar-refractivity contribution is -0.127. The fourth-order valence-electron chi connectivity index (χ4n) is 3.23. The van der Waals surface area contributed by atoms with Crippen LogP contribution in [0.5, 0.6) is 17.2 Å². The van der Waals surface area contributed by atoms with Gasteiger partial charge in [-0.2, -0.15) is 0 Å². The van der Waals surface area contributed by atoms with Crippen LogP contribution in [0, 0.1) is 0 Å². The molecule has 7 heteroatoms. The Balaban J connectivity index is 1.81. The molecule has 0 saturated heterocycles. The lowest BCUT2D eigenvalue weighted by Gasteiger charge is -2.33. The van der Waals surface area contributed by atoms with Crippen LogP contribution in [0.1, 0.15) is 25.8 Å². The third-order valence-corrected chi connectivity index (χ3v) is 4.73. The fraction of sp³-hybridized carbons (Fsp3) is 0.333. The summed E-state index contributed by atoms with van der Waals surface area (Å²) >= 11 is 0. The van der Waals surface area contributed by atoms with Crippen molar-refractivity contribution in [2.45, 2.75) is 26.4 Å². The normalized spacial score (nSPS) is 15.2. The van der Waals surface area contributed by atoms with Gasteiger partial charge in [-0.05, 0) is 49.2 Å². The van der Waals surface area contributed by atoms with E-state index >= 15 is 0 Å². The van der Waals surface area contributed by atoms with Crippen molar-refractivity contribution in [1.82, 2.24) is 5.32 Å². The predicted octanol–water partition coefficient (Wildman–Crippen LogP) is 3.43. The largest absolute Gasteiger partial charge is 0.490 e. The van der Waals surface area contributed by atoms with Gasteiger partial charge in [-0.3, -0.25) is 9.59 Å². The smallest absolute Gasteiger partial charge is 0.262 e. The molecule has 2 aromatic carbocycles. The Morgan fingerprint density at radius 3 is 2.71 bits per heavy atom. The van der Waals surface area contributed by atoms with Crippen LogP contribution < -0.4 is 24.4 Å². The molecule has 0 bridgehead atoms. The third kappa shape index (κ3) is 5.36. The highest BCUT2D eigenvalue weighted by molar-refractivity contribution is 6.05. The minimum Gasteiger partial charge on any atom is -0.490 e. The first kappa shape index (κ1) is 22.2. The second-order valence-electron chi connectivity index (χ2n) is 6.96. The van der Waals surface area contributed by atoms with Crippen LogP contribution >= 0.6 is 0 Å². The van der Waals surface area contributed by atoms with Crippen molar-refractivity contribution < 1.29 is 23.8 Å². The number of ether oxygens (including phenoxy) is 3. The standard InChI is InChI=1S/C24H28N2O5/c1-4-14-30-20-12-10-17(15-21(20)29-5-2)11-13-23(27)26-16-22(24(28)25-3)31-19-9-7-6-8-18(19)26/h6-13,15,22H,4-5,14,16H2,1-3H3,(H,25,28)/b13-11+/t22-/m1/s1. The number of nitrogens with one attached hydrogen (secondary N) is 1. The Bertz CT molecular complexity index is 957. The van der Waals surface area contributed by atoms with Crippen molar-refractivity contribution in [2.24, 2.45) is 0 Å². The summed E-state index contributed by atoms with van der Waals surface area (Å²) in [4.78, 5) is 26.7. The number of hydrogen-bond acceptors (Lipinski definition) is 5. The summed E-state index contributed by atoms with van der Waals surface area (Å²) in [5.74, 6) is 1.30. The maximum Gasteiger partial charge on any atom is 0.262 e. The van der Waals surface area contributed by atoms with E-state index in [1.165, 1.54) is 6.08 Å². The summed E-state index contributed by atoms with van der Waals surface area (Å²) in [5, 5.41) is 2.58. The highest BCUT2D eigenvalue weighted by Crippen LogP contribution is 2.34. The number of anilines is 1. The van der Waals surface area contributed by atoms with Crippen molar-refractivity contribution in [2.75, 3.05) is 31.7 Å². The van der Waals surface area contributed by atoms with E-state index in [1.807, 2.05) is 38.1 Å². The average Bonchev–Trinajstić information content (AvgIpc) is 2.80. The number of hydrogen-bond donors (Lipinski definition) is 1. The second-order valence-corrected chi connectivity index (χ2v) is 6.96. The van der Waals surface area contributed by atoms with Crippen molar-refractivity contribution in [3.8, 4) is 17.2 Å². The van der Waals surface area contributed by atoms with E-state index < -0.39 is 6.10 Å². The second kappa shape index (κ2) is 10.5. The predicted molar refractivity (Wildman–Crippen MR) is 120 cm³/mol. The molecule has 1 heterocycles. The Hall–Kier alpha value is -3.48. The number of likely N-dealkylation sites (N-methyl/N-ethyl adjacent to an activating group) is 1. The molecular weight excluding hydrogens is 396 g/mol. The molecule has 0 fully saturated rings. The molecule has 0 unspecified atom stereocenters. The van der Waals surface area contributed by atoms with Gasteiger partial charge in [0.2, 0.25) is 0 Å². The van der Waals surface area contributed by atoms with Crippen molar-refractivity contribution in [3.05, 3.63) is 54.1 Å². The van der Waals surface area contributed by atoms with Crippen molar-refractivity contribution >= 4 is 23.6 Å². The first-order valence-corrected chi connectivity index (χ1v) is 10.4. The van der Waals surface area contributed by atoms with Gasteiger partial charge in [0.05, 0.1) is 25.4 Å². The first-order valence-electron chi connectivity index (χ1n) is 10.4. The molecule has 0 aliphatic carbocycles. The van der Waals surface area contributed by atoms with Gasteiger partial charge in [-0.15, -0.1) is 0 Å². The van der Waals surface area contributed by atoms with Gasteiger partial charge in [0.1, 0.15) is 5.75 Å². The van der Waals surface area contributed by atoms with E-state index in [0.717, 1.165) is 12.0 Å². The van der Waals surface area contributed by atoms with Gasteiger partial charge in [0.15, 0.2) is 17.6 Å². The van der Waals surface area contributed by atoms with Crippen LogP contribution in [0.15, 0.2) is 48.5 Å². The number of nitrogens with zero attached hydrogens (tertiary/aromatic N) is 1. The average molecular weight is 424 g/mol. The van der Waals surface area contributed by atoms with Crippen LogP contribution in [0.25, 0.3) is 6.08 Å². The van der Waals surface area contributed by atoms with Crippen LogP contribution in [-0.4, -0.2) is 44.7 Å². The molecule has 31 heavy (non-hydrogen) atoms. The van der Waals surface area contributed by atoms with E-state index in [-0.39, 0.29) is 18.4 Å². The van der Waals surface area contributed by atoms with Gasteiger partial charge < -0.3 is 24.4 Å². The number of benzene rings is 2. The molecule has 2 aromatic rings. The fourth-order valence-corrected chi connectivity index (χ4v) is 3.23. The summed E-state index contributed by atoms with van der Waals surface area (Å²) < 4.78 is 17.2. The van der Waals surface area contributed by atoms with Gasteiger partial charge in [-0.1, -0.05) is 25.1 Å². The molecule has 3 rings (SSSR count). The molecular formula is C24H28N2O5. The maximum atomic E-state index is 13.0. The topological polar surface area (TPSA) is 77.1 Å². The van der Waals surface area contributed by atoms with E-state index in [1.54, 1.807) is 36.2 Å². The van der Waals surface area contributed by atoms with Gasteiger partial charge in [0, 0.05) is 13.1 Å². The summed E-state index contributed by atoms with van der Waals surface area (Å²) in [5.41, 5.74) is 1.45. The highest BCUT2D eigenvalue weighted by atomic mass is 16.5. The molecule has 1 atom stereocenters. The summed E-state index contributed by atoms with van der Waals surface area (Å²) in [6, 6.07) is 12.7. The van der Waals surface area contributed by atoms with Gasteiger partial charge in [-0.25, -0.2) is 0 Å². The lowest BCUT2D eigenvalue weighted by Crippen LogP contribution is -2.49. The SMILES string of the molecule is CCCOc1ccc(/C=C/C(=O)N2C[C@H](C(=O)NC)Oc3ccccc32)cc1OCC. The van der Waals surface area contributed by atoms with E-state index in [4.69, 9.17) is 14.2 Å². The molecule has 1 aliphatic heterocycles. The number of rotatable bonds is 8.